The molecule has 0 aliphatic heterocycles. The van der Waals surface area contributed by atoms with Crippen LogP contribution in [0.25, 0.3) is 6.08 Å². The van der Waals surface area contributed by atoms with E-state index in [1.165, 1.54) is 0 Å². The van der Waals surface area contributed by atoms with E-state index in [9.17, 15) is 9.59 Å². The lowest BCUT2D eigenvalue weighted by molar-refractivity contribution is -0.123. The third-order valence-corrected chi connectivity index (χ3v) is 2.37. The van der Waals surface area contributed by atoms with E-state index in [0.717, 1.165) is 12.1 Å². The molecule has 18 heavy (non-hydrogen) atoms. The minimum absolute atomic E-state index is 0.129. The van der Waals surface area contributed by atoms with Crippen molar-refractivity contribution in [2.75, 3.05) is 20.6 Å². The summed E-state index contributed by atoms with van der Waals surface area (Å²) in [4.78, 5) is 21.2. The normalized spacial score (nSPS) is 10.8. The molecule has 0 spiro atoms. The minimum Gasteiger partial charge on any atom is -0.392 e. The number of ether oxygens (including phenoxy) is 1. The number of hydrogen-bond donors (Lipinski definition) is 1. The Morgan fingerprint density at radius 1 is 1.39 bits per heavy atom. The van der Waals surface area contributed by atoms with E-state index in [0.29, 0.717) is 5.56 Å². The predicted octanol–water partition coefficient (Wildman–Crippen LogP) is 1.08. The smallest absolute Gasteiger partial charge is 0.345 e. The van der Waals surface area contributed by atoms with E-state index in [4.69, 9.17) is 0 Å². The molecule has 0 heterocycles. The lowest BCUT2D eigenvalue weighted by atomic mass is 10.1. The first-order chi connectivity index (χ1) is 8.67. The highest BCUT2D eigenvalue weighted by atomic mass is 16.6. The summed E-state index contributed by atoms with van der Waals surface area (Å²) in [7, 11) is 3.78. The van der Waals surface area contributed by atoms with E-state index in [1.54, 1.807) is 24.3 Å². The van der Waals surface area contributed by atoms with Crippen molar-refractivity contribution < 1.29 is 14.3 Å². The van der Waals surface area contributed by atoms with Gasteiger partial charge in [-0.05, 0) is 24.7 Å². The molecule has 0 aliphatic rings. The quantitative estimate of drug-likeness (QED) is 0.353. The molecule has 5 heteroatoms. The zero-order valence-electron chi connectivity index (χ0n) is 10.4. The maximum Gasteiger partial charge on any atom is 0.345 e. The maximum absolute atomic E-state index is 11.2. The molecular formula is C13H16N2O3. The monoisotopic (exact) mass is 248 g/mol. The summed E-state index contributed by atoms with van der Waals surface area (Å²) >= 11 is 0. The van der Waals surface area contributed by atoms with Gasteiger partial charge in [0.25, 0.3) is 0 Å². The topological polar surface area (TPSA) is 58.6 Å². The van der Waals surface area contributed by atoms with Gasteiger partial charge >= 0.3 is 12.4 Å². The summed E-state index contributed by atoms with van der Waals surface area (Å²) in [6.45, 7) is 0.898. The van der Waals surface area contributed by atoms with Gasteiger partial charge in [-0.25, -0.2) is 9.80 Å². The summed E-state index contributed by atoms with van der Waals surface area (Å²) in [6.07, 6.45) is 3.94. The van der Waals surface area contributed by atoms with Crippen molar-refractivity contribution >= 4 is 18.5 Å². The highest BCUT2D eigenvalue weighted by Crippen LogP contribution is 2.07. The number of carbonyl (C=O) groups excluding carboxylic acids is 2. The Kier molecular flexibility index (Phi) is 5.76. The summed E-state index contributed by atoms with van der Waals surface area (Å²) in [5, 5.41) is 1.92. The fourth-order valence-corrected chi connectivity index (χ4v) is 1.28. The Morgan fingerprint density at radius 2 is 2.06 bits per heavy atom. The fourth-order valence-electron chi connectivity index (χ4n) is 1.28. The van der Waals surface area contributed by atoms with Gasteiger partial charge in [0.2, 0.25) is 0 Å². The second-order valence-corrected chi connectivity index (χ2v) is 3.63. The molecule has 1 rings (SSSR count). The van der Waals surface area contributed by atoms with Crippen LogP contribution in [0.2, 0.25) is 0 Å². The zero-order valence-corrected chi connectivity index (χ0v) is 10.4. The van der Waals surface area contributed by atoms with Crippen molar-refractivity contribution in [2.45, 2.75) is 0 Å². The molecule has 96 valence electrons. The zero-order chi connectivity index (χ0) is 13.4. The number of hydrazine groups is 1. The number of hydrogen-bond acceptors (Lipinski definition) is 5. The largest absolute Gasteiger partial charge is 0.392 e. The highest BCUT2D eigenvalue weighted by molar-refractivity contribution is 5.93. The molecule has 1 N–H and O–H groups in total. The van der Waals surface area contributed by atoms with Crippen LogP contribution < -0.4 is 5.43 Å². The lowest BCUT2D eigenvalue weighted by Gasteiger charge is -2.10. The Morgan fingerprint density at radius 3 is 2.61 bits per heavy atom. The molecule has 1 aromatic rings. The van der Waals surface area contributed by atoms with Crippen LogP contribution in [0.15, 0.2) is 30.3 Å². The molecular weight excluding hydrogens is 232 g/mol. The Hall–Kier alpha value is -1.98. The number of nitrogens with one attached hydrogen (secondary N) is 1. The van der Waals surface area contributed by atoms with Gasteiger partial charge in [-0.3, -0.25) is 10.2 Å². The Bertz CT molecular complexity index is 426. The third kappa shape index (κ3) is 4.48. The average molecular weight is 248 g/mol. The summed E-state index contributed by atoms with van der Waals surface area (Å²) in [5.41, 5.74) is 4.30. The standard InChI is InChI=1S/C13H16N2O3/c1-14-15(2)9-3-4-11-5-7-12(8-6-11)13(17)18-10-16/h3-8,10,14H,9H2,1-2H3. The van der Waals surface area contributed by atoms with Crippen molar-refractivity contribution in [2.24, 2.45) is 0 Å². The van der Waals surface area contributed by atoms with Gasteiger partial charge in [0, 0.05) is 13.6 Å². The summed E-state index contributed by atoms with van der Waals surface area (Å²) in [5.74, 6) is -0.643. The molecule has 1 aromatic carbocycles. The number of rotatable bonds is 6. The molecule has 0 atom stereocenters. The Balaban J connectivity index is 2.60. The Labute approximate surface area is 106 Å². The van der Waals surface area contributed by atoms with Crippen LogP contribution in [0.1, 0.15) is 15.9 Å². The molecule has 0 aromatic heterocycles. The molecule has 0 saturated carbocycles. The summed E-state index contributed by atoms with van der Waals surface area (Å²) in [6, 6.07) is 6.81. The SMILES string of the molecule is CNN(C)CC=Cc1ccc(C(=O)OC=O)cc1. The van der Waals surface area contributed by atoms with Crippen molar-refractivity contribution in [3.05, 3.63) is 41.5 Å². The van der Waals surface area contributed by atoms with E-state index in [2.05, 4.69) is 10.2 Å². The van der Waals surface area contributed by atoms with Crippen LogP contribution in [-0.4, -0.2) is 38.1 Å². The van der Waals surface area contributed by atoms with Crippen molar-refractivity contribution in [3.63, 3.8) is 0 Å². The molecule has 0 bridgehead atoms. The average Bonchev–Trinajstić information content (AvgIpc) is 2.39. The number of benzene rings is 1. The van der Waals surface area contributed by atoms with Crippen LogP contribution in [0.5, 0.6) is 0 Å². The molecule has 5 nitrogen and oxygen atoms in total. The number of carbonyl (C=O) groups is 2. The third-order valence-electron chi connectivity index (χ3n) is 2.37. The van der Waals surface area contributed by atoms with Gasteiger partial charge < -0.3 is 4.74 Å². The molecule has 0 fully saturated rings. The summed E-state index contributed by atoms with van der Waals surface area (Å²) < 4.78 is 4.24. The van der Waals surface area contributed by atoms with Crippen LogP contribution in [0.3, 0.4) is 0 Å². The van der Waals surface area contributed by atoms with E-state index in [-0.39, 0.29) is 6.47 Å². The number of likely N-dealkylation sites (N-methyl/N-ethyl adjacent to an activating group) is 1. The van der Waals surface area contributed by atoms with Gasteiger partial charge in [-0.1, -0.05) is 24.3 Å². The first kappa shape index (κ1) is 14.1. The molecule has 0 amide bonds. The second-order valence-electron chi connectivity index (χ2n) is 3.63. The molecule has 0 aliphatic carbocycles. The van der Waals surface area contributed by atoms with Crippen molar-refractivity contribution in [3.8, 4) is 0 Å². The number of nitrogens with zero attached hydrogens (tertiary/aromatic N) is 1. The number of esters is 1. The van der Waals surface area contributed by atoms with E-state index >= 15 is 0 Å². The fraction of sp³-hybridized carbons (Fsp3) is 0.231. The van der Waals surface area contributed by atoms with Gasteiger partial charge in [0.15, 0.2) is 0 Å². The molecule has 0 unspecified atom stereocenters. The predicted molar refractivity (Wildman–Crippen MR) is 68.6 cm³/mol. The van der Waals surface area contributed by atoms with Gasteiger partial charge in [-0.2, -0.15) is 0 Å². The van der Waals surface area contributed by atoms with Gasteiger partial charge in [0.1, 0.15) is 0 Å². The molecule has 0 radical (unpaired) electrons. The van der Waals surface area contributed by atoms with E-state index in [1.807, 2.05) is 31.3 Å². The van der Waals surface area contributed by atoms with Crippen LogP contribution in [-0.2, 0) is 9.53 Å². The van der Waals surface area contributed by atoms with Crippen LogP contribution in [0, 0.1) is 0 Å². The van der Waals surface area contributed by atoms with Gasteiger partial charge in [-0.15, -0.1) is 0 Å². The van der Waals surface area contributed by atoms with Crippen LogP contribution >= 0.6 is 0 Å². The first-order valence-electron chi connectivity index (χ1n) is 5.47. The van der Waals surface area contributed by atoms with Crippen molar-refractivity contribution in [1.29, 1.82) is 0 Å². The molecule has 0 saturated heterocycles. The van der Waals surface area contributed by atoms with Crippen LogP contribution in [0.4, 0.5) is 0 Å². The second kappa shape index (κ2) is 7.37. The maximum atomic E-state index is 11.2. The highest BCUT2D eigenvalue weighted by Gasteiger charge is 2.04. The first-order valence-corrected chi connectivity index (χ1v) is 5.47. The minimum atomic E-state index is -0.643. The van der Waals surface area contributed by atoms with E-state index < -0.39 is 5.97 Å². The van der Waals surface area contributed by atoms with Gasteiger partial charge in [0.05, 0.1) is 5.56 Å². The van der Waals surface area contributed by atoms with Crippen molar-refractivity contribution in [1.82, 2.24) is 10.4 Å². The lowest BCUT2D eigenvalue weighted by Crippen LogP contribution is -2.30.